The first kappa shape index (κ1) is 24.6. The minimum atomic E-state index is -3.78. The lowest BCUT2D eigenvalue weighted by Gasteiger charge is -2.34. The van der Waals surface area contributed by atoms with Crippen molar-refractivity contribution in [2.24, 2.45) is 5.92 Å². The van der Waals surface area contributed by atoms with Crippen molar-refractivity contribution >= 4 is 38.9 Å². The fourth-order valence-electron chi connectivity index (χ4n) is 5.42. The molecule has 2 aliphatic rings. The molecule has 3 aromatic rings. The Morgan fingerprint density at radius 1 is 1.03 bits per heavy atom. The van der Waals surface area contributed by atoms with Gasteiger partial charge in [-0.2, -0.15) is 4.31 Å². The predicted molar refractivity (Wildman–Crippen MR) is 140 cm³/mol. The summed E-state index contributed by atoms with van der Waals surface area (Å²) in [7, 11) is -3.78. The standard InChI is InChI=1S/C26H30Cl2N4O2S/c27-24-12-11-23(13-25(24)28)35(33,34)31-15-20-7-3-4-8-26(20)32(16-21-14-29-18-30-21)22(17-31)10-9-19-5-1-2-6-19/h3-4,7-8,11-14,18-19,22H,1-2,5-6,9-10,15-17H2,(H,29,30)/t22-/m1/s1. The molecule has 9 heteroatoms. The maximum atomic E-state index is 13.8. The lowest BCUT2D eigenvalue weighted by molar-refractivity contribution is 0.350. The highest BCUT2D eigenvalue weighted by molar-refractivity contribution is 7.89. The highest BCUT2D eigenvalue weighted by Crippen LogP contribution is 2.36. The molecule has 2 heterocycles. The fourth-order valence-corrected chi connectivity index (χ4v) is 7.27. The molecule has 6 nitrogen and oxygen atoms in total. The maximum absolute atomic E-state index is 13.8. The van der Waals surface area contributed by atoms with Gasteiger partial charge in [-0.15, -0.1) is 0 Å². The maximum Gasteiger partial charge on any atom is 0.243 e. The first-order valence-electron chi connectivity index (χ1n) is 12.2. The average molecular weight is 534 g/mol. The van der Waals surface area contributed by atoms with Crippen molar-refractivity contribution in [1.29, 1.82) is 0 Å². The number of imidazole rings is 1. The third kappa shape index (κ3) is 5.38. The van der Waals surface area contributed by atoms with E-state index in [1.807, 2.05) is 24.4 Å². The van der Waals surface area contributed by atoms with E-state index in [9.17, 15) is 8.42 Å². The third-order valence-electron chi connectivity index (χ3n) is 7.31. The number of benzene rings is 2. The number of hydrogen-bond donors (Lipinski definition) is 1. The van der Waals surface area contributed by atoms with Gasteiger partial charge in [-0.05, 0) is 48.6 Å². The summed E-state index contributed by atoms with van der Waals surface area (Å²) in [5.74, 6) is 0.725. The lowest BCUT2D eigenvalue weighted by atomic mass is 9.97. The Bertz CT molecular complexity index is 1260. The first-order chi connectivity index (χ1) is 16.9. The van der Waals surface area contributed by atoms with Crippen molar-refractivity contribution in [2.75, 3.05) is 11.4 Å². The second kappa shape index (κ2) is 10.5. The third-order valence-corrected chi connectivity index (χ3v) is 9.86. The van der Waals surface area contributed by atoms with E-state index < -0.39 is 10.0 Å². The Morgan fingerprint density at radius 3 is 2.57 bits per heavy atom. The molecule has 1 aliphatic carbocycles. The van der Waals surface area contributed by atoms with E-state index in [0.717, 1.165) is 35.7 Å². The zero-order valence-corrected chi connectivity index (χ0v) is 21.9. The van der Waals surface area contributed by atoms with Crippen LogP contribution in [0.2, 0.25) is 10.0 Å². The first-order valence-corrected chi connectivity index (χ1v) is 14.4. The number of halogens is 2. The molecule has 2 aromatic carbocycles. The van der Waals surface area contributed by atoms with Crippen molar-refractivity contribution in [2.45, 2.75) is 62.6 Å². The largest absolute Gasteiger partial charge is 0.361 e. The molecule has 35 heavy (non-hydrogen) atoms. The molecule has 1 saturated carbocycles. The Balaban J connectivity index is 1.52. The van der Waals surface area contributed by atoms with E-state index in [2.05, 4.69) is 20.9 Å². The number of anilines is 1. The second-order valence-corrected chi connectivity index (χ2v) is 12.3. The molecule has 0 radical (unpaired) electrons. The van der Waals surface area contributed by atoms with Crippen molar-refractivity contribution in [3.8, 4) is 0 Å². The number of nitrogens with one attached hydrogen (secondary N) is 1. The lowest BCUT2D eigenvalue weighted by Crippen LogP contribution is -2.43. The van der Waals surface area contributed by atoms with Crippen LogP contribution in [0.1, 0.15) is 49.8 Å². The molecule has 0 bridgehead atoms. The molecule has 1 aromatic heterocycles. The van der Waals surface area contributed by atoms with E-state index in [0.29, 0.717) is 24.7 Å². The Labute approximate surface area is 217 Å². The molecular formula is C26H30Cl2N4O2S. The van der Waals surface area contributed by atoms with E-state index in [1.165, 1.54) is 37.8 Å². The molecule has 0 amide bonds. The van der Waals surface area contributed by atoms with Gasteiger partial charge in [0.25, 0.3) is 0 Å². The highest BCUT2D eigenvalue weighted by Gasteiger charge is 2.35. The van der Waals surface area contributed by atoms with Gasteiger partial charge >= 0.3 is 0 Å². The number of H-pyrrole nitrogens is 1. The van der Waals surface area contributed by atoms with Gasteiger partial charge < -0.3 is 9.88 Å². The number of fused-ring (bicyclic) bond motifs is 1. The van der Waals surface area contributed by atoms with Crippen LogP contribution in [0.15, 0.2) is 59.9 Å². The molecule has 0 spiro atoms. The molecule has 5 rings (SSSR count). The molecule has 186 valence electrons. The molecule has 0 unspecified atom stereocenters. The van der Waals surface area contributed by atoms with Gasteiger partial charge in [0.05, 0.1) is 33.5 Å². The zero-order valence-electron chi connectivity index (χ0n) is 19.5. The van der Waals surface area contributed by atoms with Gasteiger partial charge in [-0.25, -0.2) is 13.4 Å². The van der Waals surface area contributed by atoms with Gasteiger partial charge in [0.15, 0.2) is 0 Å². The van der Waals surface area contributed by atoms with Gasteiger partial charge in [-0.3, -0.25) is 0 Å². The summed E-state index contributed by atoms with van der Waals surface area (Å²) in [4.78, 5) is 9.95. The molecule has 1 aliphatic heterocycles. The van der Waals surface area contributed by atoms with Gasteiger partial charge in [0.2, 0.25) is 10.0 Å². The van der Waals surface area contributed by atoms with Crippen molar-refractivity contribution < 1.29 is 8.42 Å². The van der Waals surface area contributed by atoms with Crippen molar-refractivity contribution in [3.05, 3.63) is 76.3 Å². The number of rotatable bonds is 7. The zero-order chi connectivity index (χ0) is 24.4. The summed E-state index contributed by atoms with van der Waals surface area (Å²) >= 11 is 12.3. The van der Waals surface area contributed by atoms with Crippen LogP contribution in [0, 0.1) is 5.92 Å². The fraction of sp³-hybridized carbons (Fsp3) is 0.423. The molecular weight excluding hydrogens is 503 g/mol. The molecule has 1 N–H and O–H groups in total. The van der Waals surface area contributed by atoms with Crippen LogP contribution in [0.5, 0.6) is 0 Å². The van der Waals surface area contributed by atoms with E-state index >= 15 is 0 Å². The normalized spacial score (nSPS) is 19.6. The minimum absolute atomic E-state index is 0.0279. The van der Waals surface area contributed by atoms with Crippen LogP contribution < -0.4 is 4.90 Å². The van der Waals surface area contributed by atoms with Crippen LogP contribution in [-0.4, -0.2) is 35.3 Å². The number of sulfonamides is 1. The summed E-state index contributed by atoms with van der Waals surface area (Å²) in [6.07, 6.45) is 10.7. The summed E-state index contributed by atoms with van der Waals surface area (Å²) < 4.78 is 29.3. The molecule has 1 atom stereocenters. The Hall–Kier alpha value is -2.06. The minimum Gasteiger partial charge on any atom is -0.361 e. The quantitative estimate of drug-likeness (QED) is 0.389. The summed E-state index contributed by atoms with van der Waals surface area (Å²) in [5, 5.41) is 0.577. The monoisotopic (exact) mass is 532 g/mol. The van der Waals surface area contributed by atoms with E-state index in [1.54, 1.807) is 16.7 Å². The van der Waals surface area contributed by atoms with Gasteiger partial charge in [0.1, 0.15) is 0 Å². The van der Waals surface area contributed by atoms with E-state index in [-0.39, 0.29) is 16.0 Å². The van der Waals surface area contributed by atoms with Crippen LogP contribution in [0.3, 0.4) is 0 Å². The van der Waals surface area contributed by atoms with Crippen LogP contribution in [0.4, 0.5) is 5.69 Å². The molecule has 1 fully saturated rings. The van der Waals surface area contributed by atoms with Crippen molar-refractivity contribution in [3.63, 3.8) is 0 Å². The second-order valence-electron chi connectivity index (χ2n) is 9.59. The summed E-state index contributed by atoms with van der Waals surface area (Å²) in [5.41, 5.74) is 3.07. The van der Waals surface area contributed by atoms with Crippen molar-refractivity contribution in [1.82, 2.24) is 14.3 Å². The van der Waals surface area contributed by atoms with Crippen LogP contribution >= 0.6 is 23.2 Å². The van der Waals surface area contributed by atoms with Crippen LogP contribution in [0.25, 0.3) is 0 Å². The predicted octanol–water partition coefficient (Wildman–Crippen LogP) is 6.27. The summed E-state index contributed by atoms with van der Waals surface area (Å²) in [6.45, 7) is 1.35. The molecule has 0 saturated heterocycles. The Morgan fingerprint density at radius 2 is 1.83 bits per heavy atom. The number of hydrogen-bond acceptors (Lipinski definition) is 4. The Kier molecular flexibility index (Phi) is 7.39. The average Bonchev–Trinajstić information content (AvgIpc) is 3.53. The smallest absolute Gasteiger partial charge is 0.243 e. The number of aromatic amines is 1. The van der Waals surface area contributed by atoms with Crippen LogP contribution in [-0.2, 0) is 23.1 Å². The van der Waals surface area contributed by atoms with Gasteiger partial charge in [0, 0.05) is 31.0 Å². The van der Waals surface area contributed by atoms with E-state index in [4.69, 9.17) is 23.2 Å². The number of nitrogens with zero attached hydrogens (tertiary/aromatic N) is 3. The van der Waals surface area contributed by atoms with Gasteiger partial charge in [-0.1, -0.05) is 67.1 Å². The number of aromatic nitrogens is 2. The highest BCUT2D eigenvalue weighted by atomic mass is 35.5. The topological polar surface area (TPSA) is 69.3 Å². The summed E-state index contributed by atoms with van der Waals surface area (Å²) in [6, 6.07) is 12.7. The SMILES string of the molecule is O=S(=O)(c1ccc(Cl)c(Cl)c1)N1Cc2ccccc2N(Cc2cnc[nH]2)[C@H](CCC2CCCC2)C1. The number of para-hydroxylation sites is 1.